The topological polar surface area (TPSA) is 72.5 Å². The molecule has 0 aliphatic carbocycles. The molecule has 0 aliphatic heterocycles. The van der Waals surface area contributed by atoms with Gasteiger partial charge in [-0.2, -0.15) is 0 Å². The van der Waals surface area contributed by atoms with Crippen molar-refractivity contribution in [2.24, 2.45) is 0 Å². The van der Waals surface area contributed by atoms with E-state index < -0.39 is 10.0 Å². The number of hydrogen-bond donors (Lipinski definition) is 1. The largest absolute Gasteiger partial charge is 0.466 e. The molecule has 128 valence electrons. The highest BCUT2D eigenvalue weighted by Gasteiger charge is 2.15. The van der Waals surface area contributed by atoms with Crippen LogP contribution in [0.4, 0.5) is 5.69 Å². The quantitative estimate of drug-likeness (QED) is 0.778. The summed E-state index contributed by atoms with van der Waals surface area (Å²) >= 11 is 0. The lowest BCUT2D eigenvalue weighted by Crippen LogP contribution is -2.13. The van der Waals surface area contributed by atoms with Gasteiger partial charge in [0.15, 0.2) is 0 Å². The molecule has 0 radical (unpaired) electrons. The number of hydrogen-bond acceptors (Lipinski definition) is 4. The molecule has 2 aromatic carbocycles. The van der Waals surface area contributed by atoms with E-state index in [1.54, 1.807) is 48.5 Å². The summed E-state index contributed by atoms with van der Waals surface area (Å²) in [7, 11) is -3.60. The van der Waals surface area contributed by atoms with Crippen LogP contribution in [0.1, 0.15) is 31.7 Å². The minimum Gasteiger partial charge on any atom is -0.466 e. The zero-order chi connectivity index (χ0) is 17.6. The molecule has 0 aliphatic rings. The molecule has 0 heterocycles. The first-order valence-electron chi connectivity index (χ1n) is 7.69. The fourth-order valence-corrected chi connectivity index (χ4v) is 3.30. The van der Waals surface area contributed by atoms with Gasteiger partial charge in [-0.15, -0.1) is 0 Å². The number of para-hydroxylation sites is 1. The van der Waals surface area contributed by atoms with Gasteiger partial charge in [-0.3, -0.25) is 9.52 Å². The Kier molecular flexibility index (Phi) is 5.98. The minimum absolute atomic E-state index is 0.170. The Balaban J connectivity index is 2.04. The SMILES string of the molecule is CC(=O)OCCC(C)c1ccc(S(=O)(=O)Nc2ccccc2)cc1. The van der Waals surface area contributed by atoms with Crippen LogP contribution in [0.2, 0.25) is 0 Å². The van der Waals surface area contributed by atoms with E-state index in [1.165, 1.54) is 6.92 Å². The van der Waals surface area contributed by atoms with Gasteiger partial charge in [-0.25, -0.2) is 8.42 Å². The molecule has 2 rings (SSSR count). The number of nitrogens with one attached hydrogen (secondary N) is 1. The molecule has 1 atom stereocenters. The summed E-state index contributed by atoms with van der Waals surface area (Å²) in [6, 6.07) is 15.5. The van der Waals surface area contributed by atoms with Crippen molar-refractivity contribution in [3.05, 3.63) is 60.2 Å². The van der Waals surface area contributed by atoms with Crippen molar-refractivity contribution < 1.29 is 17.9 Å². The van der Waals surface area contributed by atoms with E-state index in [0.29, 0.717) is 18.7 Å². The summed E-state index contributed by atoms with van der Waals surface area (Å²) in [6.07, 6.45) is 0.688. The molecule has 0 aromatic heterocycles. The molecular weight excluding hydrogens is 326 g/mol. The van der Waals surface area contributed by atoms with Gasteiger partial charge < -0.3 is 4.74 Å². The van der Waals surface area contributed by atoms with Crippen LogP contribution >= 0.6 is 0 Å². The highest BCUT2D eigenvalue weighted by Crippen LogP contribution is 2.22. The van der Waals surface area contributed by atoms with Crippen LogP contribution in [-0.2, 0) is 19.6 Å². The Morgan fingerprint density at radius 2 is 1.71 bits per heavy atom. The summed E-state index contributed by atoms with van der Waals surface area (Å²) in [5.74, 6) is -0.126. The van der Waals surface area contributed by atoms with E-state index in [0.717, 1.165) is 5.56 Å². The molecule has 1 unspecified atom stereocenters. The van der Waals surface area contributed by atoms with Gasteiger partial charge in [0.05, 0.1) is 11.5 Å². The van der Waals surface area contributed by atoms with Crippen LogP contribution in [0.3, 0.4) is 0 Å². The maximum atomic E-state index is 12.4. The van der Waals surface area contributed by atoms with Gasteiger partial charge in [-0.1, -0.05) is 37.3 Å². The molecule has 2 aromatic rings. The van der Waals surface area contributed by atoms with Crippen LogP contribution in [0, 0.1) is 0 Å². The molecule has 0 bridgehead atoms. The first-order valence-corrected chi connectivity index (χ1v) is 9.18. The van der Waals surface area contributed by atoms with Crippen molar-refractivity contribution in [1.82, 2.24) is 0 Å². The van der Waals surface area contributed by atoms with E-state index in [1.807, 2.05) is 13.0 Å². The molecule has 0 spiro atoms. The Morgan fingerprint density at radius 3 is 2.29 bits per heavy atom. The zero-order valence-electron chi connectivity index (χ0n) is 13.7. The average molecular weight is 347 g/mol. The van der Waals surface area contributed by atoms with Crippen LogP contribution in [-0.4, -0.2) is 21.0 Å². The van der Waals surface area contributed by atoms with Crippen LogP contribution < -0.4 is 4.72 Å². The van der Waals surface area contributed by atoms with Gasteiger partial charge in [0.25, 0.3) is 10.0 Å². The molecule has 0 amide bonds. The van der Waals surface area contributed by atoms with Crippen molar-refractivity contribution in [2.75, 3.05) is 11.3 Å². The van der Waals surface area contributed by atoms with E-state index in [9.17, 15) is 13.2 Å². The first-order chi connectivity index (χ1) is 11.4. The predicted molar refractivity (Wildman–Crippen MR) is 93.4 cm³/mol. The molecule has 6 heteroatoms. The van der Waals surface area contributed by atoms with Crippen molar-refractivity contribution in [1.29, 1.82) is 0 Å². The lowest BCUT2D eigenvalue weighted by Gasteiger charge is -2.13. The lowest BCUT2D eigenvalue weighted by molar-refractivity contribution is -0.141. The third kappa shape index (κ3) is 5.09. The summed E-state index contributed by atoms with van der Waals surface area (Å²) in [4.78, 5) is 11.0. The molecule has 0 saturated carbocycles. The zero-order valence-corrected chi connectivity index (χ0v) is 14.5. The normalized spacial score (nSPS) is 12.4. The fraction of sp³-hybridized carbons (Fsp3) is 0.278. The number of sulfonamides is 1. The Morgan fingerprint density at radius 1 is 1.08 bits per heavy atom. The monoisotopic (exact) mass is 347 g/mol. The van der Waals surface area contributed by atoms with Gasteiger partial charge in [-0.05, 0) is 42.2 Å². The number of anilines is 1. The molecule has 5 nitrogen and oxygen atoms in total. The second-order valence-corrected chi connectivity index (χ2v) is 7.25. The standard InChI is InChI=1S/C18H21NO4S/c1-14(12-13-23-15(2)20)16-8-10-18(11-9-16)24(21,22)19-17-6-4-3-5-7-17/h3-11,14,19H,12-13H2,1-2H3. The Hall–Kier alpha value is -2.34. The van der Waals surface area contributed by atoms with Crippen molar-refractivity contribution in [3.63, 3.8) is 0 Å². The van der Waals surface area contributed by atoms with Crippen LogP contribution in [0.15, 0.2) is 59.5 Å². The first kappa shape index (κ1) is 18.0. The summed E-state index contributed by atoms with van der Waals surface area (Å²) < 4.78 is 32.2. The average Bonchev–Trinajstić information content (AvgIpc) is 2.55. The van der Waals surface area contributed by atoms with E-state index >= 15 is 0 Å². The van der Waals surface area contributed by atoms with Crippen LogP contribution in [0.25, 0.3) is 0 Å². The number of ether oxygens (including phenoxy) is 1. The van der Waals surface area contributed by atoms with Crippen LogP contribution in [0.5, 0.6) is 0 Å². The smallest absolute Gasteiger partial charge is 0.302 e. The molecule has 24 heavy (non-hydrogen) atoms. The van der Waals surface area contributed by atoms with E-state index in [2.05, 4.69) is 4.72 Å². The number of carbonyl (C=O) groups is 1. The number of rotatable bonds is 7. The summed E-state index contributed by atoms with van der Waals surface area (Å²) in [5, 5.41) is 0. The van der Waals surface area contributed by atoms with E-state index in [4.69, 9.17) is 4.74 Å². The maximum absolute atomic E-state index is 12.4. The van der Waals surface area contributed by atoms with Crippen molar-refractivity contribution >= 4 is 21.7 Å². The van der Waals surface area contributed by atoms with Gasteiger partial charge in [0.1, 0.15) is 0 Å². The van der Waals surface area contributed by atoms with Crippen molar-refractivity contribution in [3.8, 4) is 0 Å². The van der Waals surface area contributed by atoms with Gasteiger partial charge in [0, 0.05) is 12.6 Å². The predicted octanol–water partition coefficient (Wildman–Crippen LogP) is 3.54. The lowest BCUT2D eigenvalue weighted by atomic mass is 9.98. The highest BCUT2D eigenvalue weighted by atomic mass is 32.2. The van der Waals surface area contributed by atoms with Crippen molar-refractivity contribution in [2.45, 2.75) is 31.1 Å². The Labute approximate surface area is 142 Å². The van der Waals surface area contributed by atoms with Gasteiger partial charge in [0.2, 0.25) is 0 Å². The number of esters is 1. The number of benzene rings is 2. The second kappa shape index (κ2) is 7.97. The van der Waals surface area contributed by atoms with Gasteiger partial charge >= 0.3 is 5.97 Å². The second-order valence-electron chi connectivity index (χ2n) is 5.57. The van der Waals surface area contributed by atoms with E-state index in [-0.39, 0.29) is 16.8 Å². The maximum Gasteiger partial charge on any atom is 0.302 e. The Bertz CT molecular complexity index is 770. The highest BCUT2D eigenvalue weighted by molar-refractivity contribution is 7.92. The molecule has 0 saturated heterocycles. The number of carbonyl (C=O) groups excluding carboxylic acids is 1. The third-order valence-corrected chi connectivity index (χ3v) is 5.04. The summed E-state index contributed by atoms with van der Waals surface area (Å²) in [5.41, 5.74) is 1.53. The third-order valence-electron chi connectivity index (χ3n) is 3.64. The molecular formula is C18H21NO4S. The summed E-state index contributed by atoms with van der Waals surface area (Å²) in [6.45, 7) is 3.74. The molecule has 0 fully saturated rings. The molecule has 1 N–H and O–H groups in total. The minimum atomic E-state index is -3.60. The fourth-order valence-electron chi connectivity index (χ4n) is 2.24.